The summed E-state index contributed by atoms with van der Waals surface area (Å²) in [7, 11) is 0. The quantitative estimate of drug-likeness (QED) is 0.805. The van der Waals surface area contributed by atoms with E-state index in [9.17, 15) is 9.59 Å². The maximum absolute atomic E-state index is 11.5. The Morgan fingerprint density at radius 1 is 1.53 bits per heavy atom. The highest BCUT2D eigenvalue weighted by molar-refractivity contribution is 5.90. The summed E-state index contributed by atoms with van der Waals surface area (Å²) < 4.78 is 5.15. The highest BCUT2D eigenvalue weighted by atomic mass is 16.6. The molecule has 0 aliphatic heterocycles. The first kappa shape index (κ1) is 13.7. The number of allylic oxidation sites excluding steroid dienone is 1. The maximum Gasteiger partial charge on any atom is 0.407 e. The van der Waals surface area contributed by atoms with E-state index < -0.39 is 11.7 Å². The van der Waals surface area contributed by atoms with Crippen LogP contribution < -0.4 is 5.32 Å². The number of nitrogens with one attached hydrogen (secondary N) is 1. The van der Waals surface area contributed by atoms with Crippen molar-refractivity contribution < 1.29 is 14.3 Å². The molecule has 17 heavy (non-hydrogen) atoms. The van der Waals surface area contributed by atoms with Crippen molar-refractivity contribution >= 4 is 11.9 Å². The van der Waals surface area contributed by atoms with E-state index in [0.717, 1.165) is 6.42 Å². The highest BCUT2D eigenvalue weighted by Gasteiger charge is 2.27. The molecule has 0 aromatic rings. The second kappa shape index (κ2) is 4.90. The van der Waals surface area contributed by atoms with Gasteiger partial charge in [-0.15, -0.1) is 0 Å². The minimum Gasteiger partial charge on any atom is -0.444 e. The van der Waals surface area contributed by atoms with Gasteiger partial charge in [0, 0.05) is 18.4 Å². The molecule has 0 aromatic carbocycles. The molecule has 0 radical (unpaired) electrons. The standard InChI is InChI=1S/C13H21NO3/c1-12(2,3)17-11(16)14-9-13(4)7-5-10(15)6-8-13/h5,7H,6,8-9H2,1-4H3,(H,14,16). The number of hydrogen-bond donors (Lipinski definition) is 1. The average Bonchev–Trinajstić information content (AvgIpc) is 2.18. The van der Waals surface area contributed by atoms with Crippen molar-refractivity contribution in [2.24, 2.45) is 5.41 Å². The first-order valence-corrected chi connectivity index (χ1v) is 5.89. The molecule has 4 nitrogen and oxygen atoms in total. The van der Waals surface area contributed by atoms with Crippen LogP contribution in [0.3, 0.4) is 0 Å². The lowest BCUT2D eigenvalue weighted by Crippen LogP contribution is -2.39. The molecule has 0 fully saturated rings. The van der Waals surface area contributed by atoms with Crippen molar-refractivity contribution in [3.05, 3.63) is 12.2 Å². The zero-order chi connectivity index (χ0) is 13.1. The summed E-state index contributed by atoms with van der Waals surface area (Å²) in [6.07, 6.45) is 4.36. The van der Waals surface area contributed by atoms with Gasteiger partial charge in [-0.2, -0.15) is 0 Å². The van der Waals surface area contributed by atoms with Crippen LogP contribution in [0.2, 0.25) is 0 Å². The number of amides is 1. The van der Waals surface area contributed by atoms with E-state index in [0.29, 0.717) is 13.0 Å². The number of carbonyl (C=O) groups excluding carboxylic acids is 2. The van der Waals surface area contributed by atoms with Crippen LogP contribution in [0, 0.1) is 5.41 Å². The molecule has 1 N–H and O–H groups in total. The predicted octanol–water partition coefficient (Wildman–Crippen LogP) is 2.44. The fourth-order valence-electron chi connectivity index (χ4n) is 1.61. The van der Waals surface area contributed by atoms with Crippen LogP contribution in [0.15, 0.2) is 12.2 Å². The summed E-state index contributed by atoms with van der Waals surface area (Å²) in [6, 6.07) is 0. The zero-order valence-electron chi connectivity index (χ0n) is 11.0. The Kier molecular flexibility index (Phi) is 3.96. The van der Waals surface area contributed by atoms with Crippen LogP contribution >= 0.6 is 0 Å². The zero-order valence-corrected chi connectivity index (χ0v) is 11.0. The molecular formula is C13H21NO3. The molecule has 0 bridgehead atoms. The van der Waals surface area contributed by atoms with Gasteiger partial charge in [-0.05, 0) is 33.3 Å². The lowest BCUT2D eigenvalue weighted by molar-refractivity contribution is -0.115. The summed E-state index contributed by atoms with van der Waals surface area (Å²) in [6.45, 7) is 7.99. The molecule has 1 amide bonds. The number of ether oxygens (including phenoxy) is 1. The van der Waals surface area contributed by atoms with Crippen molar-refractivity contribution in [3.8, 4) is 0 Å². The van der Waals surface area contributed by atoms with Crippen molar-refractivity contribution in [1.82, 2.24) is 5.32 Å². The molecule has 1 rings (SSSR count). The maximum atomic E-state index is 11.5. The Labute approximate surface area is 102 Å². The van der Waals surface area contributed by atoms with Gasteiger partial charge in [0.1, 0.15) is 5.60 Å². The summed E-state index contributed by atoms with van der Waals surface area (Å²) in [5.41, 5.74) is -0.631. The molecule has 1 aliphatic rings. The van der Waals surface area contributed by atoms with E-state index >= 15 is 0 Å². The number of carbonyl (C=O) groups is 2. The van der Waals surface area contributed by atoms with E-state index in [1.165, 1.54) is 0 Å². The van der Waals surface area contributed by atoms with Gasteiger partial charge in [0.2, 0.25) is 0 Å². The van der Waals surface area contributed by atoms with Gasteiger partial charge < -0.3 is 10.1 Å². The van der Waals surface area contributed by atoms with Crippen LogP contribution in [0.1, 0.15) is 40.5 Å². The van der Waals surface area contributed by atoms with Crippen molar-refractivity contribution in [2.75, 3.05) is 6.54 Å². The van der Waals surface area contributed by atoms with E-state index in [1.807, 2.05) is 33.8 Å². The van der Waals surface area contributed by atoms with Crippen LogP contribution in [-0.4, -0.2) is 24.0 Å². The van der Waals surface area contributed by atoms with Gasteiger partial charge in [-0.25, -0.2) is 4.79 Å². The van der Waals surface area contributed by atoms with Crippen molar-refractivity contribution in [1.29, 1.82) is 0 Å². The van der Waals surface area contributed by atoms with Crippen LogP contribution in [-0.2, 0) is 9.53 Å². The smallest absolute Gasteiger partial charge is 0.407 e. The normalized spacial score (nSPS) is 24.6. The lowest BCUT2D eigenvalue weighted by Gasteiger charge is -2.29. The number of rotatable bonds is 2. The molecule has 0 spiro atoms. The van der Waals surface area contributed by atoms with Crippen molar-refractivity contribution in [2.45, 2.75) is 46.1 Å². The van der Waals surface area contributed by atoms with Crippen LogP contribution in [0.5, 0.6) is 0 Å². The summed E-state index contributed by atoms with van der Waals surface area (Å²) in [5.74, 6) is 0.153. The Bertz CT molecular complexity index is 341. The Morgan fingerprint density at radius 3 is 2.65 bits per heavy atom. The molecular weight excluding hydrogens is 218 g/mol. The summed E-state index contributed by atoms with van der Waals surface area (Å²) >= 11 is 0. The fraction of sp³-hybridized carbons (Fsp3) is 0.692. The second-order valence-corrected chi connectivity index (χ2v) is 5.81. The third-order valence-corrected chi connectivity index (χ3v) is 2.65. The Balaban J connectivity index is 2.43. The molecule has 1 unspecified atom stereocenters. The van der Waals surface area contributed by atoms with Crippen LogP contribution in [0.4, 0.5) is 4.79 Å². The van der Waals surface area contributed by atoms with E-state index in [1.54, 1.807) is 6.08 Å². The molecule has 0 heterocycles. The third-order valence-electron chi connectivity index (χ3n) is 2.65. The Hall–Kier alpha value is -1.32. The monoisotopic (exact) mass is 239 g/mol. The molecule has 0 aromatic heterocycles. The van der Waals surface area contributed by atoms with Crippen LogP contribution in [0.25, 0.3) is 0 Å². The lowest BCUT2D eigenvalue weighted by atomic mass is 9.80. The topological polar surface area (TPSA) is 55.4 Å². The summed E-state index contributed by atoms with van der Waals surface area (Å²) in [5, 5.41) is 2.74. The number of ketones is 1. The third kappa shape index (κ3) is 5.02. The highest BCUT2D eigenvalue weighted by Crippen LogP contribution is 2.28. The molecule has 0 saturated heterocycles. The van der Waals surface area contributed by atoms with Gasteiger partial charge in [-0.3, -0.25) is 4.79 Å². The van der Waals surface area contributed by atoms with Crippen molar-refractivity contribution in [3.63, 3.8) is 0 Å². The van der Waals surface area contributed by atoms with Gasteiger partial charge in [-0.1, -0.05) is 13.0 Å². The largest absolute Gasteiger partial charge is 0.444 e. The first-order valence-electron chi connectivity index (χ1n) is 5.89. The van der Waals surface area contributed by atoms with E-state index in [4.69, 9.17) is 4.74 Å². The molecule has 96 valence electrons. The predicted molar refractivity (Wildman–Crippen MR) is 65.7 cm³/mol. The SMILES string of the molecule is CC1(CNC(=O)OC(C)(C)C)C=CC(=O)CC1. The van der Waals surface area contributed by atoms with E-state index in [2.05, 4.69) is 5.32 Å². The average molecular weight is 239 g/mol. The number of hydrogen-bond acceptors (Lipinski definition) is 3. The Morgan fingerprint density at radius 2 is 2.18 bits per heavy atom. The van der Waals surface area contributed by atoms with E-state index in [-0.39, 0.29) is 11.2 Å². The molecule has 0 saturated carbocycles. The minimum atomic E-state index is -0.483. The molecule has 1 aliphatic carbocycles. The first-order chi connectivity index (χ1) is 7.70. The van der Waals surface area contributed by atoms with Gasteiger partial charge >= 0.3 is 6.09 Å². The van der Waals surface area contributed by atoms with Gasteiger partial charge in [0.15, 0.2) is 5.78 Å². The fourth-order valence-corrected chi connectivity index (χ4v) is 1.61. The van der Waals surface area contributed by atoms with Gasteiger partial charge in [0.25, 0.3) is 0 Å². The second-order valence-electron chi connectivity index (χ2n) is 5.81. The molecule has 4 heteroatoms. The minimum absolute atomic E-state index is 0.148. The summed E-state index contributed by atoms with van der Waals surface area (Å²) in [4.78, 5) is 22.6. The molecule has 1 atom stereocenters. The number of alkyl carbamates (subject to hydrolysis) is 1. The van der Waals surface area contributed by atoms with Gasteiger partial charge in [0.05, 0.1) is 0 Å².